The molecule has 0 amide bonds. The van der Waals surface area contributed by atoms with Crippen LogP contribution in [-0.4, -0.2) is 49.8 Å². The van der Waals surface area contributed by atoms with Gasteiger partial charge in [-0.15, -0.1) is 0 Å². The van der Waals surface area contributed by atoms with Crippen molar-refractivity contribution in [3.63, 3.8) is 0 Å². The van der Waals surface area contributed by atoms with E-state index in [4.69, 9.17) is 9.15 Å². The molecule has 1 aliphatic heterocycles. The third-order valence-corrected chi connectivity index (χ3v) is 6.41. The van der Waals surface area contributed by atoms with E-state index in [1.807, 2.05) is 59.5 Å². The number of piperazine rings is 1. The van der Waals surface area contributed by atoms with E-state index in [-0.39, 0.29) is 11.2 Å². The Labute approximate surface area is 214 Å². The molecule has 1 saturated heterocycles. The van der Waals surface area contributed by atoms with Gasteiger partial charge in [-0.2, -0.15) is 5.10 Å². The first-order valence-corrected chi connectivity index (χ1v) is 12.1. The Morgan fingerprint density at radius 1 is 0.946 bits per heavy atom. The minimum absolute atomic E-state index is 0.116. The second kappa shape index (κ2) is 10.6. The number of fused-ring (bicyclic) bond motifs is 1. The van der Waals surface area contributed by atoms with Crippen LogP contribution in [0.3, 0.4) is 0 Å². The van der Waals surface area contributed by atoms with Gasteiger partial charge in [0, 0.05) is 56.5 Å². The predicted octanol–water partition coefficient (Wildman–Crippen LogP) is 4.61. The zero-order valence-electron chi connectivity index (χ0n) is 20.8. The lowest BCUT2D eigenvalue weighted by atomic mass is 10.1. The molecule has 1 fully saturated rings. The van der Waals surface area contributed by atoms with Crippen LogP contribution in [0.15, 0.2) is 93.2 Å². The van der Waals surface area contributed by atoms with Crippen LogP contribution in [0.2, 0.25) is 0 Å². The zero-order valence-corrected chi connectivity index (χ0v) is 20.8. The number of Topliss-reactive ketones (excluding diaryl/α,β-unsaturated/α-hetero) is 1. The molecule has 3 aromatic carbocycles. The highest BCUT2D eigenvalue weighted by atomic mass is 16.5. The Morgan fingerprint density at radius 2 is 1.68 bits per heavy atom. The number of carbonyl (C=O) groups is 1. The number of hydrogen-bond acceptors (Lipinski definition) is 7. The van der Waals surface area contributed by atoms with Crippen molar-refractivity contribution >= 4 is 34.0 Å². The Kier molecular flexibility index (Phi) is 6.89. The molecule has 8 nitrogen and oxygen atoms in total. The quantitative estimate of drug-likeness (QED) is 0.237. The number of nitrogens with one attached hydrogen (secondary N) is 1. The third-order valence-electron chi connectivity index (χ3n) is 6.41. The number of amidine groups is 1. The van der Waals surface area contributed by atoms with E-state index in [9.17, 15) is 9.59 Å². The van der Waals surface area contributed by atoms with Crippen LogP contribution in [0.1, 0.15) is 6.92 Å². The van der Waals surface area contributed by atoms with Crippen molar-refractivity contribution in [2.45, 2.75) is 6.92 Å². The molecule has 0 spiro atoms. The summed E-state index contributed by atoms with van der Waals surface area (Å²) in [5, 5.41) is 4.92. The van der Waals surface area contributed by atoms with Crippen molar-refractivity contribution in [3.05, 3.63) is 89.1 Å². The van der Waals surface area contributed by atoms with Crippen LogP contribution in [-0.2, 0) is 4.79 Å². The summed E-state index contributed by atoms with van der Waals surface area (Å²) in [5.41, 5.74) is 5.88. The summed E-state index contributed by atoms with van der Waals surface area (Å²) in [6, 6.07) is 24.1. The summed E-state index contributed by atoms with van der Waals surface area (Å²) >= 11 is 0. The highest BCUT2D eigenvalue weighted by molar-refractivity contribution is 6.38. The first-order chi connectivity index (χ1) is 18.0. The topological polar surface area (TPSA) is 87.4 Å². The van der Waals surface area contributed by atoms with E-state index in [1.54, 1.807) is 25.3 Å². The van der Waals surface area contributed by atoms with Gasteiger partial charge in [-0.1, -0.05) is 30.3 Å². The van der Waals surface area contributed by atoms with Gasteiger partial charge in [0.15, 0.2) is 17.0 Å². The molecule has 8 heteroatoms. The van der Waals surface area contributed by atoms with Crippen molar-refractivity contribution in [3.8, 4) is 17.1 Å². The lowest BCUT2D eigenvalue weighted by Crippen LogP contribution is -2.50. The lowest BCUT2D eigenvalue weighted by Gasteiger charge is -2.37. The van der Waals surface area contributed by atoms with Gasteiger partial charge in [-0.25, -0.2) is 0 Å². The first-order valence-electron chi connectivity index (χ1n) is 12.1. The number of benzene rings is 3. The number of hydrogen-bond donors (Lipinski definition) is 1. The second-order valence-electron chi connectivity index (χ2n) is 8.83. The molecule has 0 radical (unpaired) electrons. The van der Waals surface area contributed by atoms with E-state index in [2.05, 4.69) is 15.4 Å². The van der Waals surface area contributed by atoms with Gasteiger partial charge in [-0.3, -0.25) is 15.0 Å². The molecule has 0 aliphatic carbocycles. The fourth-order valence-electron chi connectivity index (χ4n) is 4.43. The number of carbonyl (C=O) groups excluding carboxylic acids is 1. The molecule has 1 aliphatic rings. The molecule has 0 atom stereocenters. The van der Waals surface area contributed by atoms with Crippen molar-refractivity contribution < 1.29 is 13.9 Å². The van der Waals surface area contributed by atoms with Crippen LogP contribution < -0.4 is 20.5 Å². The molecular formula is C29H28N4O4. The number of ether oxygens (including phenoxy) is 1. The van der Waals surface area contributed by atoms with E-state index >= 15 is 0 Å². The zero-order chi connectivity index (χ0) is 25.8. The van der Waals surface area contributed by atoms with Crippen molar-refractivity contribution in [2.75, 3.05) is 43.6 Å². The van der Waals surface area contributed by atoms with Gasteiger partial charge in [0.05, 0.1) is 18.2 Å². The molecular weight excluding hydrogens is 468 g/mol. The highest BCUT2D eigenvalue weighted by Crippen LogP contribution is 2.24. The average Bonchev–Trinajstić information content (AvgIpc) is 2.93. The Hall–Kier alpha value is -4.59. The van der Waals surface area contributed by atoms with Gasteiger partial charge in [-0.05, 0) is 36.4 Å². The van der Waals surface area contributed by atoms with Gasteiger partial charge < -0.3 is 19.0 Å². The number of rotatable bonds is 6. The maximum atomic E-state index is 12.6. The number of hydrazone groups is 1. The monoisotopic (exact) mass is 496 g/mol. The summed E-state index contributed by atoms with van der Waals surface area (Å²) in [6.45, 7) is 4.38. The Morgan fingerprint density at radius 3 is 2.35 bits per heavy atom. The number of nitrogens with zero attached hydrogens (tertiary/aromatic N) is 3. The number of ketones is 1. The molecule has 0 bridgehead atoms. The van der Waals surface area contributed by atoms with Crippen LogP contribution in [0.25, 0.3) is 22.3 Å². The van der Waals surface area contributed by atoms with Gasteiger partial charge in [0.2, 0.25) is 0 Å². The molecule has 1 aromatic heterocycles. The molecule has 37 heavy (non-hydrogen) atoms. The normalized spacial score (nSPS) is 14.1. The lowest BCUT2D eigenvalue weighted by molar-refractivity contribution is -0.111. The van der Waals surface area contributed by atoms with Crippen molar-refractivity contribution in [2.24, 2.45) is 5.10 Å². The summed E-state index contributed by atoms with van der Waals surface area (Å²) in [4.78, 5) is 29.3. The van der Waals surface area contributed by atoms with Crippen molar-refractivity contribution in [1.82, 2.24) is 4.90 Å². The maximum Gasteiger partial charge on any atom is 0.196 e. The molecule has 0 unspecified atom stereocenters. The summed E-state index contributed by atoms with van der Waals surface area (Å²) < 4.78 is 11.3. The highest BCUT2D eigenvalue weighted by Gasteiger charge is 2.23. The van der Waals surface area contributed by atoms with E-state index in [0.29, 0.717) is 41.3 Å². The fraction of sp³-hybridized carbons (Fsp3) is 0.207. The number of anilines is 2. The first kappa shape index (κ1) is 24.1. The molecule has 4 aromatic rings. The molecule has 2 heterocycles. The third kappa shape index (κ3) is 5.33. The largest absolute Gasteiger partial charge is 0.497 e. The molecule has 0 saturated carbocycles. The fourth-order valence-corrected chi connectivity index (χ4v) is 4.43. The maximum absolute atomic E-state index is 12.6. The van der Waals surface area contributed by atoms with Crippen LogP contribution >= 0.6 is 0 Å². The average molecular weight is 497 g/mol. The van der Waals surface area contributed by atoms with Gasteiger partial charge in [0.1, 0.15) is 17.1 Å². The summed E-state index contributed by atoms with van der Waals surface area (Å²) in [7, 11) is 1.65. The van der Waals surface area contributed by atoms with E-state index < -0.39 is 0 Å². The van der Waals surface area contributed by atoms with Crippen molar-refractivity contribution in [1.29, 1.82) is 0 Å². The standard InChI is InChI=1S/C29H28N4O4/c1-20(34)29(33-16-14-32(15-17-33)23-9-11-24(36-2)12-10-23)31-30-22-8-13-25-26(35)19-27(37-28(25)18-22)21-6-4-3-5-7-21/h3-13,18-19,30H,14-17H2,1-2H3/b31-29-. The van der Waals surface area contributed by atoms with Gasteiger partial charge in [0.25, 0.3) is 0 Å². The molecule has 1 N–H and O–H groups in total. The predicted molar refractivity (Wildman–Crippen MR) is 146 cm³/mol. The van der Waals surface area contributed by atoms with E-state index in [0.717, 1.165) is 30.1 Å². The van der Waals surface area contributed by atoms with Crippen LogP contribution in [0, 0.1) is 0 Å². The Bertz CT molecular complexity index is 1490. The van der Waals surface area contributed by atoms with Crippen LogP contribution in [0.4, 0.5) is 11.4 Å². The van der Waals surface area contributed by atoms with Gasteiger partial charge >= 0.3 is 0 Å². The summed E-state index contributed by atoms with van der Waals surface area (Å²) in [5.74, 6) is 1.57. The molecule has 5 rings (SSSR count). The smallest absolute Gasteiger partial charge is 0.196 e. The van der Waals surface area contributed by atoms with E-state index in [1.165, 1.54) is 13.0 Å². The second-order valence-corrected chi connectivity index (χ2v) is 8.83. The number of methoxy groups -OCH3 is 1. The minimum atomic E-state index is -0.121. The SMILES string of the molecule is COc1ccc(N2CCN(/C(=N\Nc3ccc4c(=O)cc(-c5ccccc5)oc4c3)C(C)=O)CC2)cc1. The van der Waals surface area contributed by atoms with Crippen LogP contribution in [0.5, 0.6) is 5.75 Å². The molecule has 188 valence electrons. The Balaban J connectivity index is 1.32. The summed E-state index contributed by atoms with van der Waals surface area (Å²) in [6.07, 6.45) is 0. The minimum Gasteiger partial charge on any atom is -0.497 e.